The highest BCUT2D eigenvalue weighted by atomic mass is 16.8. The molecule has 3 saturated heterocycles. The first kappa shape index (κ1) is 65.6. The van der Waals surface area contributed by atoms with Crippen LogP contribution in [-0.4, -0.2) is 193 Å². The standard InChI is InChI=1S/C54H99NO18/c1-3-4-5-6-7-8-9-10-11-12-13-14-15-16-17-18-19-20-21-22-23-24-25-26-27-28-29-30-31-32-39(60)38(55-37(2)59)36-68-52-48(66)45(63)50(41(34-57)70-52)73-54-49(67)46(64)51(42(35-58)71-54)72-53-47(65)44(62)43(61)40(33-56)69-53/h27-28,31-32,38-54,56-58,60-67H,3-26,29-30,33-36H2,1-2H3,(H,55,59)/b28-27+,32-31+. The predicted molar refractivity (Wildman–Crippen MR) is 273 cm³/mol. The van der Waals surface area contributed by atoms with E-state index >= 15 is 0 Å². The van der Waals surface area contributed by atoms with Crippen LogP contribution >= 0.6 is 0 Å². The van der Waals surface area contributed by atoms with Crippen LogP contribution in [0.1, 0.15) is 181 Å². The van der Waals surface area contributed by atoms with Crippen molar-refractivity contribution in [3.8, 4) is 0 Å². The molecule has 73 heavy (non-hydrogen) atoms. The lowest BCUT2D eigenvalue weighted by molar-refractivity contribution is -0.379. The quantitative estimate of drug-likeness (QED) is 0.0308. The SMILES string of the molecule is CCCCCCCCCCCCCCCCCCCCCCCCC/C=C/CC/C=C/C(O)C(COC1OC(CO)C(OC2OC(CO)C(OC3OC(CO)C(O)C(O)C3O)C(O)C2O)C(O)C1O)NC(C)=O. The molecular formula is C54H99NO18. The summed E-state index contributed by atoms with van der Waals surface area (Å²) in [5.74, 6) is -0.461. The van der Waals surface area contributed by atoms with Crippen LogP contribution in [0.25, 0.3) is 0 Å². The molecule has 17 unspecified atom stereocenters. The summed E-state index contributed by atoms with van der Waals surface area (Å²) in [6.07, 6.45) is 14.8. The molecule has 0 aromatic heterocycles. The molecule has 0 aliphatic carbocycles. The molecule has 3 aliphatic rings. The van der Waals surface area contributed by atoms with Crippen LogP contribution in [0.5, 0.6) is 0 Å². The van der Waals surface area contributed by atoms with Crippen molar-refractivity contribution in [3.05, 3.63) is 24.3 Å². The summed E-state index contributed by atoms with van der Waals surface area (Å²) in [5.41, 5.74) is 0. The van der Waals surface area contributed by atoms with Crippen molar-refractivity contribution in [3.63, 3.8) is 0 Å². The number of rotatable bonds is 40. The molecule has 0 saturated carbocycles. The lowest BCUT2D eigenvalue weighted by atomic mass is 9.96. The molecule has 0 radical (unpaired) electrons. The highest BCUT2D eigenvalue weighted by Crippen LogP contribution is 2.33. The molecule has 3 aliphatic heterocycles. The van der Waals surface area contributed by atoms with E-state index in [-0.39, 0.29) is 6.61 Å². The average Bonchev–Trinajstić information content (AvgIpc) is 3.38. The minimum atomic E-state index is -1.97. The van der Waals surface area contributed by atoms with Gasteiger partial charge in [0.2, 0.25) is 5.91 Å². The second-order valence-corrected chi connectivity index (χ2v) is 20.5. The molecule has 17 atom stereocenters. The number of carbonyl (C=O) groups excluding carboxylic acids is 1. The Balaban J connectivity index is 1.27. The zero-order valence-electron chi connectivity index (χ0n) is 44.1. The molecule has 0 aromatic carbocycles. The summed E-state index contributed by atoms with van der Waals surface area (Å²) in [7, 11) is 0. The lowest BCUT2D eigenvalue weighted by Gasteiger charge is -2.48. The van der Waals surface area contributed by atoms with Crippen molar-refractivity contribution < 1.29 is 89.4 Å². The number of hydrogen-bond acceptors (Lipinski definition) is 18. The van der Waals surface area contributed by atoms with Gasteiger partial charge < -0.3 is 89.9 Å². The maximum atomic E-state index is 12.0. The Morgan fingerprint density at radius 3 is 1.29 bits per heavy atom. The summed E-state index contributed by atoms with van der Waals surface area (Å²) < 4.78 is 33.6. The maximum absolute atomic E-state index is 12.0. The number of unbranched alkanes of at least 4 members (excludes halogenated alkanes) is 24. The molecule has 3 rings (SSSR count). The van der Waals surface area contributed by atoms with Gasteiger partial charge in [-0.15, -0.1) is 0 Å². The minimum Gasteiger partial charge on any atom is -0.394 e. The van der Waals surface area contributed by atoms with Crippen LogP contribution in [0.15, 0.2) is 24.3 Å². The van der Waals surface area contributed by atoms with Crippen LogP contribution < -0.4 is 5.32 Å². The van der Waals surface area contributed by atoms with Crippen molar-refractivity contribution in [2.45, 2.75) is 285 Å². The van der Waals surface area contributed by atoms with Gasteiger partial charge in [-0.2, -0.15) is 0 Å². The Bertz CT molecular complexity index is 1440. The Labute approximate surface area is 435 Å². The number of carbonyl (C=O) groups is 1. The van der Waals surface area contributed by atoms with Gasteiger partial charge >= 0.3 is 0 Å². The molecule has 0 aromatic rings. The van der Waals surface area contributed by atoms with E-state index < -0.39 is 130 Å². The van der Waals surface area contributed by atoms with Crippen molar-refractivity contribution in [1.29, 1.82) is 0 Å². The van der Waals surface area contributed by atoms with E-state index in [0.29, 0.717) is 6.42 Å². The number of amides is 1. The second-order valence-electron chi connectivity index (χ2n) is 20.5. The molecular weight excluding hydrogens is 951 g/mol. The number of aliphatic hydroxyl groups excluding tert-OH is 11. The minimum absolute atomic E-state index is 0.382. The van der Waals surface area contributed by atoms with E-state index in [1.165, 1.54) is 154 Å². The molecule has 19 heteroatoms. The Morgan fingerprint density at radius 1 is 0.479 bits per heavy atom. The first-order chi connectivity index (χ1) is 35.3. The van der Waals surface area contributed by atoms with E-state index in [9.17, 15) is 61.0 Å². The molecule has 0 spiro atoms. The van der Waals surface area contributed by atoms with Gasteiger partial charge in [0.25, 0.3) is 0 Å². The van der Waals surface area contributed by atoms with E-state index in [1.807, 2.05) is 0 Å². The molecule has 428 valence electrons. The molecule has 0 bridgehead atoms. The third kappa shape index (κ3) is 24.2. The highest BCUT2D eigenvalue weighted by molar-refractivity contribution is 5.73. The van der Waals surface area contributed by atoms with Gasteiger partial charge in [0.05, 0.1) is 38.6 Å². The topological polar surface area (TPSA) is 307 Å². The van der Waals surface area contributed by atoms with Crippen molar-refractivity contribution in [1.82, 2.24) is 5.32 Å². The van der Waals surface area contributed by atoms with Gasteiger partial charge in [-0.1, -0.05) is 172 Å². The fourth-order valence-electron chi connectivity index (χ4n) is 9.71. The van der Waals surface area contributed by atoms with Crippen LogP contribution in [0.2, 0.25) is 0 Å². The first-order valence-corrected chi connectivity index (χ1v) is 28.0. The summed E-state index contributed by atoms with van der Waals surface area (Å²) in [4.78, 5) is 12.0. The van der Waals surface area contributed by atoms with E-state index in [2.05, 4.69) is 24.4 Å². The normalized spacial score (nSPS) is 31.9. The molecule has 3 fully saturated rings. The first-order valence-electron chi connectivity index (χ1n) is 28.0. The fourth-order valence-corrected chi connectivity index (χ4v) is 9.71. The largest absolute Gasteiger partial charge is 0.394 e. The Kier molecular flexibility index (Phi) is 34.8. The summed E-state index contributed by atoms with van der Waals surface area (Å²) in [5, 5.41) is 118. The number of hydrogen-bond donors (Lipinski definition) is 12. The third-order valence-electron chi connectivity index (χ3n) is 14.3. The van der Waals surface area contributed by atoms with E-state index in [4.69, 9.17) is 28.4 Å². The average molecular weight is 1050 g/mol. The van der Waals surface area contributed by atoms with Crippen molar-refractivity contribution in [2.75, 3.05) is 26.4 Å². The third-order valence-corrected chi connectivity index (χ3v) is 14.3. The van der Waals surface area contributed by atoms with Gasteiger partial charge in [-0.25, -0.2) is 0 Å². The number of allylic oxidation sites excluding steroid dienone is 3. The van der Waals surface area contributed by atoms with Gasteiger partial charge in [0.15, 0.2) is 18.9 Å². The number of ether oxygens (including phenoxy) is 6. The number of nitrogens with one attached hydrogen (secondary N) is 1. The van der Waals surface area contributed by atoms with Crippen LogP contribution in [0.3, 0.4) is 0 Å². The predicted octanol–water partition coefficient (Wildman–Crippen LogP) is 3.59. The van der Waals surface area contributed by atoms with Crippen LogP contribution in [-0.2, 0) is 33.2 Å². The van der Waals surface area contributed by atoms with Gasteiger partial charge in [0, 0.05) is 6.92 Å². The fraction of sp³-hybridized carbons (Fsp3) is 0.907. The van der Waals surface area contributed by atoms with Gasteiger partial charge in [-0.05, 0) is 25.7 Å². The van der Waals surface area contributed by atoms with Crippen LogP contribution in [0.4, 0.5) is 0 Å². The summed E-state index contributed by atoms with van der Waals surface area (Å²) in [6.45, 7) is 0.735. The van der Waals surface area contributed by atoms with Crippen LogP contribution in [0, 0.1) is 0 Å². The zero-order valence-corrected chi connectivity index (χ0v) is 44.1. The highest BCUT2D eigenvalue weighted by Gasteiger charge is 2.53. The molecule has 3 heterocycles. The monoisotopic (exact) mass is 1050 g/mol. The maximum Gasteiger partial charge on any atom is 0.217 e. The second kappa shape index (κ2) is 38.8. The van der Waals surface area contributed by atoms with Gasteiger partial charge in [-0.3, -0.25) is 4.79 Å². The number of aliphatic hydroxyl groups is 11. The smallest absolute Gasteiger partial charge is 0.217 e. The summed E-state index contributed by atoms with van der Waals surface area (Å²) >= 11 is 0. The van der Waals surface area contributed by atoms with Gasteiger partial charge in [0.1, 0.15) is 73.2 Å². The molecule has 19 nitrogen and oxygen atoms in total. The Hall–Kier alpha value is -1.73. The van der Waals surface area contributed by atoms with Crippen molar-refractivity contribution >= 4 is 5.91 Å². The molecule has 1 amide bonds. The Morgan fingerprint density at radius 2 is 0.849 bits per heavy atom. The summed E-state index contributed by atoms with van der Waals surface area (Å²) in [6, 6.07) is -0.988. The van der Waals surface area contributed by atoms with E-state index in [0.717, 1.165) is 19.3 Å². The lowest BCUT2D eigenvalue weighted by Crippen LogP contribution is -2.66. The van der Waals surface area contributed by atoms with E-state index in [1.54, 1.807) is 6.08 Å². The molecule has 12 N–H and O–H groups in total. The van der Waals surface area contributed by atoms with Crippen molar-refractivity contribution in [2.24, 2.45) is 0 Å². The zero-order chi connectivity index (χ0) is 53.4.